The Hall–Kier alpha value is -1.35. The van der Waals surface area contributed by atoms with Crippen LogP contribution in [0.1, 0.15) is 35.7 Å². The van der Waals surface area contributed by atoms with Gasteiger partial charge in [-0.05, 0) is 48.9 Å². The number of carbonyl (C=O) groups is 1. The number of hydrogen-bond donors (Lipinski definition) is 2. The maximum atomic E-state index is 10.7. The molecule has 1 aromatic carbocycles. The maximum absolute atomic E-state index is 10.7. The van der Waals surface area contributed by atoms with Crippen LogP contribution in [0.4, 0.5) is 0 Å². The molecule has 0 radical (unpaired) electrons. The molecule has 0 bridgehead atoms. The second kappa shape index (κ2) is 5.32. The predicted octanol–water partition coefficient (Wildman–Crippen LogP) is 2.52. The molecule has 0 amide bonds. The van der Waals surface area contributed by atoms with Gasteiger partial charge in [0, 0.05) is 6.54 Å². The summed E-state index contributed by atoms with van der Waals surface area (Å²) in [6, 6.07) is 7.06. The van der Waals surface area contributed by atoms with Gasteiger partial charge in [-0.2, -0.15) is 0 Å². The van der Waals surface area contributed by atoms with Gasteiger partial charge in [0.1, 0.15) is 0 Å². The van der Waals surface area contributed by atoms with E-state index in [1.165, 1.54) is 12.8 Å². The molecule has 1 aliphatic rings. The highest BCUT2D eigenvalue weighted by Gasteiger charge is 2.27. The molecule has 1 unspecified atom stereocenters. The van der Waals surface area contributed by atoms with Gasteiger partial charge < -0.3 is 10.4 Å². The van der Waals surface area contributed by atoms with Gasteiger partial charge in [0.2, 0.25) is 0 Å². The Labute approximate surface area is 102 Å². The van der Waals surface area contributed by atoms with Gasteiger partial charge in [-0.3, -0.25) is 0 Å². The normalized spacial score (nSPS) is 16.8. The molecule has 2 N–H and O–H groups in total. The Balaban J connectivity index is 1.76. The quantitative estimate of drug-likeness (QED) is 0.793. The molecule has 3 heteroatoms. The van der Waals surface area contributed by atoms with E-state index in [9.17, 15) is 4.79 Å². The summed E-state index contributed by atoms with van der Waals surface area (Å²) in [5.41, 5.74) is 1.48. The fourth-order valence-electron chi connectivity index (χ4n) is 2.04. The van der Waals surface area contributed by atoms with Crippen molar-refractivity contribution in [3.8, 4) is 0 Å². The number of rotatable bonds is 6. The van der Waals surface area contributed by atoms with Gasteiger partial charge in [0.15, 0.2) is 0 Å². The molecule has 1 fully saturated rings. The average Bonchev–Trinajstić information content (AvgIpc) is 3.13. The highest BCUT2D eigenvalue weighted by molar-refractivity contribution is 5.87. The highest BCUT2D eigenvalue weighted by Crippen LogP contribution is 2.36. The van der Waals surface area contributed by atoms with Crippen molar-refractivity contribution >= 4 is 5.97 Å². The van der Waals surface area contributed by atoms with E-state index in [1.54, 1.807) is 12.1 Å². The molecule has 3 nitrogen and oxygen atoms in total. The smallest absolute Gasteiger partial charge is 0.335 e. The Kier molecular flexibility index (Phi) is 3.79. The number of aromatic carboxylic acids is 1. The fourth-order valence-corrected chi connectivity index (χ4v) is 2.04. The summed E-state index contributed by atoms with van der Waals surface area (Å²) in [5, 5.41) is 12.2. The minimum atomic E-state index is -0.869. The van der Waals surface area contributed by atoms with Crippen LogP contribution in [0.3, 0.4) is 0 Å². The van der Waals surface area contributed by atoms with Crippen molar-refractivity contribution in [2.45, 2.75) is 26.3 Å². The summed E-state index contributed by atoms with van der Waals surface area (Å²) in [5.74, 6) is 0.817. The molecule has 92 valence electrons. The minimum Gasteiger partial charge on any atom is -0.478 e. The van der Waals surface area contributed by atoms with Crippen molar-refractivity contribution in [3.63, 3.8) is 0 Å². The molecule has 1 atom stereocenters. The minimum absolute atomic E-state index is 0.347. The molecule has 0 aromatic heterocycles. The predicted molar refractivity (Wildman–Crippen MR) is 67.0 cm³/mol. The van der Waals surface area contributed by atoms with Crippen LogP contribution in [-0.4, -0.2) is 17.6 Å². The second-order valence-corrected chi connectivity index (χ2v) is 4.95. The van der Waals surface area contributed by atoms with Crippen molar-refractivity contribution in [1.29, 1.82) is 0 Å². The Bertz CT molecular complexity index is 382. The van der Waals surface area contributed by atoms with E-state index < -0.39 is 5.97 Å². The van der Waals surface area contributed by atoms with E-state index >= 15 is 0 Å². The van der Waals surface area contributed by atoms with Gasteiger partial charge >= 0.3 is 5.97 Å². The summed E-state index contributed by atoms with van der Waals surface area (Å²) in [4.78, 5) is 10.7. The third kappa shape index (κ3) is 3.56. The molecule has 0 spiro atoms. The third-order valence-electron chi connectivity index (χ3n) is 3.42. The molecule has 1 saturated carbocycles. The maximum Gasteiger partial charge on any atom is 0.335 e. The van der Waals surface area contributed by atoms with E-state index in [2.05, 4.69) is 12.2 Å². The SMILES string of the molecule is CC(CNCc1ccc(C(=O)O)cc1)C1CC1. The molecule has 0 heterocycles. The summed E-state index contributed by atoms with van der Waals surface area (Å²) >= 11 is 0. The van der Waals surface area contributed by atoms with Crippen molar-refractivity contribution in [2.24, 2.45) is 11.8 Å². The van der Waals surface area contributed by atoms with E-state index in [1.807, 2.05) is 12.1 Å². The van der Waals surface area contributed by atoms with Crippen LogP contribution in [0.2, 0.25) is 0 Å². The lowest BCUT2D eigenvalue weighted by Gasteiger charge is -2.11. The Morgan fingerprint density at radius 1 is 1.41 bits per heavy atom. The van der Waals surface area contributed by atoms with Crippen LogP contribution >= 0.6 is 0 Å². The lowest BCUT2D eigenvalue weighted by molar-refractivity contribution is 0.0697. The zero-order valence-electron chi connectivity index (χ0n) is 10.1. The first-order valence-electron chi connectivity index (χ1n) is 6.20. The van der Waals surface area contributed by atoms with Crippen LogP contribution in [0.5, 0.6) is 0 Å². The van der Waals surface area contributed by atoms with Crippen molar-refractivity contribution in [2.75, 3.05) is 6.54 Å². The highest BCUT2D eigenvalue weighted by atomic mass is 16.4. The molecular weight excluding hydrogens is 214 g/mol. The van der Waals surface area contributed by atoms with Crippen LogP contribution in [-0.2, 0) is 6.54 Å². The first-order chi connectivity index (χ1) is 8.16. The fraction of sp³-hybridized carbons (Fsp3) is 0.500. The molecule has 17 heavy (non-hydrogen) atoms. The monoisotopic (exact) mass is 233 g/mol. The van der Waals surface area contributed by atoms with E-state index in [0.717, 1.165) is 30.5 Å². The summed E-state index contributed by atoms with van der Waals surface area (Å²) in [6.45, 7) is 4.15. The van der Waals surface area contributed by atoms with Crippen molar-refractivity contribution in [3.05, 3.63) is 35.4 Å². The van der Waals surface area contributed by atoms with Gasteiger partial charge in [-0.25, -0.2) is 4.79 Å². The molecule has 2 rings (SSSR count). The number of nitrogens with one attached hydrogen (secondary N) is 1. The lowest BCUT2D eigenvalue weighted by Crippen LogP contribution is -2.21. The zero-order valence-corrected chi connectivity index (χ0v) is 10.1. The number of carboxylic acids is 1. The summed E-state index contributed by atoms with van der Waals surface area (Å²) in [7, 11) is 0. The Morgan fingerprint density at radius 3 is 2.59 bits per heavy atom. The third-order valence-corrected chi connectivity index (χ3v) is 3.42. The number of hydrogen-bond acceptors (Lipinski definition) is 2. The van der Waals surface area contributed by atoms with E-state index in [-0.39, 0.29) is 0 Å². The van der Waals surface area contributed by atoms with E-state index in [4.69, 9.17) is 5.11 Å². The molecule has 1 aromatic rings. The standard InChI is InChI=1S/C14H19NO2/c1-10(12-6-7-12)8-15-9-11-2-4-13(5-3-11)14(16)17/h2-5,10,12,15H,6-9H2,1H3,(H,16,17). The van der Waals surface area contributed by atoms with E-state index in [0.29, 0.717) is 5.56 Å². The molecule has 1 aliphatic carbocycles. The van der Waals surface area contributed by atoms with Crippen LogP contribution in [0.25, 0.3) is 0 Å². The van der Waals surface area contributed by atoms with Crippen molar-refractivity contribution in [1.82, 2.24) is 5.32 Å². The largest absolute Gasteiger partial charge is 0.478 e. The number of benzene rings is 1. The number of carboxylic acid groups (broad SMARTS) is 1. The molecule has 0 aliphatic heterocycles. The lowest BCUT2D eigenvalue weighted by atomic mass is 10.1. The first-order valence-corrected chi connectivity index (χ1v) is 6.20. The average molecular weight is 233 g/mol. The second-order valence-electron chi connectivity index (χ2n) is 4.95. The van der Waals surface area contributed by atoms with Gasteiger partial charge in [0.25, 0.3) is 0 Å². The van der Waals surface area contributed by atoms with Crippen LogP contribution in [0, 0.1) is 11.8 Å². The zero-order chi connectivity index (χ0) is 12.3. The van der Waals surface area contributed by atoms with Crippen molar-refractivity contribution < 1.29 is 9.90 Å². The van der Waals surface area contributed by atoms with Crippen LogP contribution < -0.4 is 5.32 Å². The van der Waals surface area contributed by atoms with Crippen LogP contribution in [0.15, 0.2) is 24.3 Å². The topological polar surface area (TPSA) is 49.3 Å². The van der Waals surface area contributed by atoms with Gasteiger partial charge in [0.05, 0.1) is 5.56 Å². The Morgan fingerprint density at radius 2 is 2.06 bits per heavy atom. The molecule has 0 saturated heterocycles. The summed E-state index contributed by atoms with van der Waals surface area (Å²) in [6.07, 6.45) is 2.77. The van der Waals surface area contributed by atoms with Gasteiger partial charge in [-0.15, -0.1) is 0 Å². The summed E-state index contributed by atoms with van der Waals surface area (Å²) < 4.78 is 0. The van der Waals surface area contributed by atoms with Gasteiger partial charge in [-0.1, -0.05) is 19.1 Å². The first kappa shape index (κ1) is 12.1. The molecular formula is C14H19NO2.